The van der Waals surface area contributed by atoms with Crippen LogP contribution in [0.2, 0.25) is 0 Å². The summed E-state index contributed by atoms with van der Waals surface area (Å²) in [7, 11) is 0. The molecule has 1 heterocycles. The molecule has 0 saturated heterocycles. The molecule has 0 aromatic carbocycles. The average molecular weight is 291 g/mol. The van der Waals surface area contributed by atoms with Crippen LogP contribution >= 0.6 is 0 Å². The number of hydrogen-bond donors (Lipinski definition) is 1. The van der Waals surface area contributed by atoms with E-state index in [2.05, 4.69) is 47.9 Å². The van der Waals surface area contributed by atoms with Crippen LogP contribution in [0.3, 0.4) is 0 Å². The van der Waals surface area contributed by atoms with Gasteiger partial charge in [0.1, 0.15) is 0 Å². The average Bonchev–Trinajstić information content (AvgIpc) is 2.47. The predicted octanol–water partition coefficient (Wildman–Crippen LogP) is 2.28. The van der Waals surface area contributed by atoms with Gasteiger partial charge in [0.05, 0.1) is 6.61 Å². The highest BCUT2D eigenvalue weighted by Gasteiger charge is 2.20. The molecular formula is C15H25N5O. The Bertz CT molecular complexity index is 487. The summed E-state index contributed by atoms with van der Waals surface area (Å²) in [6, 6.07) is 0.325. The van der Waals surface area contributed by atoms with Crippen molar-refractivity contribution in [2.24, 2.45) is 11.8 Å². The van der Waals surface area contributed by atoms with Gasteiger partial charge in [-0.1, -0.05) is 19.1 Å². The monoisotopic (exact) mass is 291 g/mol. The Morgan fingerprint density at radius 2 is 1.90 bits per heavy atom. The number of hydrogen-bond acceptors (Lipinski definition) is 6. The minimum Gasteiger partial charge on any atom is -0.463 e. The van der Waals surface area contributed by atoms with Gasteiger partial charge in [-0.05, 0) is 38.5 Å². The number of rotatable bonds is 6. The summed E-state index contributed by atoms with van der Waals surface area (Å²) in [5, 5.41) is 0. The van der Waals surface area contributed by atoms with Crippen LogP contribution in [0, 0.1) is 11.8 Å². The summed E-state index contributed by atoms with van der Waals surface area (Å²) in [5.41, 5.74) is 5.76. The van der Waals surface area contributed by atoms with Crippen LogP contribution in [0.15, 0.2) is 12.2 Å². The molecule has 2 N–H and O–H groups in total. The molecule has 1 aliphatic carbocycles. The first kappa shape index (κ1) is 15.5. The summed E-state index contributed by atoms with van der Waals surface area (Å²) in [6.07, 6.45) is 6.61. The standard InChI is InChI=1S/C15H25N5O/c1-4-20(5-2)14-17-13(16)18-15(19-14)21-10-12-9-7-6-8-11(12)3/h6-7,11-12H,4-5,8-10H2,1-3H3,(H2,16,17,18,19). The number of allylic oxidation sites excluding steroid dienone is 2. The fraction of sp³-hybridized carbons (Fsp3) is 0.667. The van der Waals surface area contributed by atoms with E-state index in [-0.39, 0.29) is 5.95 Å². The Labute approximate surface area is 126 Å². The fourth-order valence-electron chi connectivity index (χ4n) is 2.49. The highest BCUT2D eigenvalue weighted by Crippen LogP contribution is 2.25. The van der Waals surface area contributed by atoms with Crippen LogP contribution in [0.4, 0.5) is 11.9 Å². The lowest BCUT2D eigenvalue weighted by Gasteiger charge is -2.25. The van der Waals surface area contributed by atoms with Crippen molar-refractivity contribution in [3.8, 4) is 6.01 Å². The maximum Gasteiger partial charge on any atom is 0.323 e. The van der Waals surface area contributed by atoms with Gasteiger partial charge in [0.2, 0.25) is 11.9 Å². The maximum absolute atomic E-state index is 5.77. The molecule has 1 aromatic rings. The van der Waals surface area contributed by atoms with Crippen molar-refractivity contribution < 1.29 is 4.74 Å². The van der Waals surface area contributed by atoms with Gasteiger partial charge in [-0.2, -0.15) is 15.0 Å². The molecule has 21 heavy (non-hydrogen) atoms. The van der Waals surface area contributed by atoms with Crippen LogP contribution in [-0.2, 0) is 0 Å². The Balaban J connectivity index is 2.04. The Morgan fingerprint density at radius 3 is 2.57 bits per heavy atom. The molecule has 0 fully saturated rings. The summed E-state index contributed by atoms with van der Waals surface area (Å²) in [6.45, 7) is 8.63. The molecule has 1 aromatic heterocycles. The molecule has 116 valence electrons. The molecule has 2 atom stereocenters. The van der Waals surface area contributed by atoms with Gasteiger partial charge in [0.15, 0.2) is 0 Å². The highest BCUT2D eigenvalue weighted by molar-refractivity contribution is 5.35. The third kappa shape index (κ3) is 4.06. The Hall–Kier alpha value is -1.85. The first-order valence-corrected chi connectivity index (χ1v) is 7.68. The Morgan fingerprint density at radius 1 is 1.19 bits per heavy atom. The second-order valence-corrected chi connectivity index (χ2v) is 5.44. The van der Waals surface area contributed by atoms with E-state index < -0.39 is 0 Å². The van der Waals surface area contributed by atoms with E-state index in [9.17, 15) is 0 Å². The minimum atomic E-state index is 0.207. The van der Waals surface area contributed by atoms with E-state index in [0.717, 1.165) is 25.9 Å². The lowest BCUT2D eigenvalue weighted by atomic mass is 9.85. The van der Waals surface area contributed by atoms with E-state index in [4.69, 9.17) is 10.5 Å². The molecule has 0 radical (unpaired) electrons. The lowest BCUT2D eigenvalue weighted by Crippen LogP contribution is -2.26. The summed E-state index contributed by atoms with van der Waals surface area (Å²) < 4.78 is 5.77. The van der Waals surface area contributed by atoms with Crippen LogP contribution in [-0.4, -0.2) is 34.6 Å². The van der Waals surface area contributed by atoms with Crippen molar-refractivity contribution >= 4 is 11.9 Å². The quantitative estimate of drug-likeness (QED) is 0.810. The first-order chi connectivity index (χ1) is 10.1. The summed E-state index contributed by atoms with van der Waals surface area (Å²) in [5.74, 6) is 1.92. The van der Waals surface area contributed by atoms with Gasteiger partial charge in [-0.3, -0.25) is 0 Å². The highest BCUT2D eigenvalue weighted by atomic mass is 16.5. The third-order valence-electron chi connectivity index (χ3n) is 4.01. The van der Waals surface area contributed by atoms with E-state index >= 15 is 0 Å². The number of nitrogens with two attached hydrogens (primary N) is 1. The molecule has 0 amide bonds. The van der Waals surface area contributed by atoms with Crippen molar-refractivity contribution in [3.05, 3.63) is 12.2 Å². The van der Waals surface area contributed by atoms with Gasteiger partial charge in [-0.25, -0.2) is 0 Å². The molecule has 2 rings (SSSR count). The largest absolute Gasteiger partial charge is 0.463 e. The number of nitrogens with zero attached hydrogens (tertiary/aromatic N) is 4. The van der Waals surface area contributed by atoms with Crippen molar-refractivity contribution in [2.75, 3.05) is 30.3 Å². The predicted molar refractivity (Wildman–Crippen MR) is 84.3 cm³/mol. The number of anilines is 2. The normalized spacial score (nSPS) is 21.3. The zero-order chi connectivity index (χ0) is 15.2. The molecule has 0 saturated carbocycles. The van der Waals surface area contributed by atoms with Crippen molar-refractivity contribution in [1.29, 1.82) is 0 Å². The first-order valence-electron chi connectivity index (χ1n) is 7.68. The van der Waals surface area contributed by atoms with E-state index in [1.807, 2.05) is 4.90 Å². The topological polar surface area (TPSA) is 77.2 Å². The molecule has 0 spiro atoms. The molecule has 0 bridgehead atoms. The number of nitrogen functional groups attached to an aromatic ring is 1. The molecular weight excluding hydrogens is 266 g/mol. The zero-order valence-corrected chi connectivity index (χ0v) is 13.1. The van der Waals surface area contributed by atoms with Crippen LogP contribution in [0.5, 0.6) is 6.01 Å². The summed E-state index contributed by atoms with van der Waals surface area (Å²) in [4.78, 5) is 14.7. The van der Waals surface area contributed by atoms with Gasteiger partial charge in [0.25, 0.3) is 0 Å². The van der Waals surface area contributed by atoms with Crippen LogP contribution < -0.4 is 15.4 Å². The van der Waals surface area contributed by atoms with Crippen molar-refractivity contribution in [3.63, 3.8) is 0 Å². The van der Waals surface area contributed by atoms with Crippen LogP contribution in [0.25, 0.3) is 0 Å². The van der Waals surface area contributed by atoms with Gasteiger partial charge in [0, 0.05) is 13.1 Å². The van der Waals surface area contributed by atoms with Gasteiger partial charge >= 0.3 is 6.01 Å². The molecule has 2 unspecified atom stereocenters. The number of aromatic nitrogens is 3. The molecule has 6 heteroatoms. The Kier molecular flexibility index (Phi) is 5.36. The number of ether oxygens (including phenoxy) is 1. The molecule has 0 aliphatic heterocycles. The van der Waals surface area contributed by atoms with E-state index in [1.54, 1.807) is 0 Å². The second-order valence-electron chi connectivity index (χ2n) is 5.44. The molecule has 6 nitrogen and oxygen atoms in total. The van der Waals surface area contributed by atoms with E-state index in [1.165, 1.54) is 0 Å². The van der Waals surface area contributed by atoms with Crippen molar-refractivity contribution in [1.82, 2.24) is 15.0 Å². The third-order valence-corrected chi connectivity index (χ3v) is 4.01. The van der Waals surface area contributed by atoms with Gasteiger partial charge < -0.3 is 15.4 Å². The van der Waals surface area contributed by atoms with Crippen LogP contribution in [0.1, 0.15) is 33.6 Å². The maximum atomic E-state index is 5.77. The lowest BCUT2D eigenvalue weighted by molar-refractivity contribution is 0.186. The molecule has 1 aliphatic rings. The fourth-order valence-corrected chi connectivity index (χ4v) is 2.49. The zero-order valence-electron chi connectivity index (χ0n) is 13.1. The minimum absolute atomic E-state index is 0.207. The second kappa shape index (κ2) is 7.24. The van der Waals surface area contributed by atoms with Crippen molar-refractivity contribution in [2.45, 2.75) is 33.6 Å². The van der Waals surface area contributed by atoms with Gasteiger partial charge in [-0.15, -0.1) is 0 Å². The summed E-state index contributed by atoms with van der Waals surface area (Å²) >= 11 is 0. The smallest absolute Gasteiger partial charge is 0.323 e. The SMILES string of the molecule is CCN(CC)c1nc(N)nc(OCC2CC=CCC2C)n1. The van der Waals surface area contributed by atoms with E-state index in [0.29, 0.717) is 30.4 Å².